The van der Waals surface area contributed by atoms with Gasteiger partial charge in [-0.1, -0.05) is 0 Å². The summed E-state index contributed by atoms with van der Waals surface area (Å²) in [5.74, 6) is 0. The number of hydrogen-bond donors (Lipinski definition) is 5. The summed E-state index contributed by atoms with van der Waals surface area (Å²) in [5.41, 5.74) is 0. The Balaban J connectivity index is 2.66. The fourth-order valence-electron chi connectivity index (χ4n) is 1.90. The molecule has 0 bridgehead atoms. The van der Waals surface area contributed by atoms with Crippen LogP contribution in [-0.2, 0) is 9.47 Å². The Kier molecular flexibility index (Phi) is 5.06. The van der Waals surface area contributed by atoms with E-state index in [9.17, 15) is 15.3 Å². The highest BCUT2D eigenvalue weighted by Gasteiger charge is 2.46. The van der Waals surface area contributed by atoms with Crippen LogP contribution < -0.4 is 5.32 Å². The van der Waals surface area contributed by atoms with Crippen LogP contribution in [0.25, 0.3) is 0 Å². The van der Waals surface area contributed by atoms with Gasteiger partial charge in [-0.05, 0) is 0 Å². The number of methoxy groups -OCH3 is 2. The summed E-state index contributed by atoms with van der Waals surface area (Å²) >= 11 is 0. The first-order valence-electron chi connectivity index (χ1n) is 5.03. The van der Waals surface area contributed by atoms with Gasteiger partial charge < -0.3 is 35.2 Å². The molecule has 0 saturated carbocycles. The van der Waals surface area contributed by atoms with Crippen LogP contribution in [-0.4, -0.2) is 77.9 Å². The number of nitrogens with one attached hydrogen (secondary N) is 1. The van der Waals surface area contributed by atoms with Crippen molar-refractivity contribution in [1.82, 2.24) is 5.32 Å². The van der Waals surface area contributed by atoms with E-state index in [1.54, 1.807) is 0 Å². The van der Waals surface area contributed by atoms with Crippen molar-refractivity contribution < 1.29 is 29.9 Å². The van der Waals surface area contributed by atoms with Crippen LogP contribution in [0.1, 0.15) is 0 Å². The molecule has 0 radical (unpaired) electrons. The van der Waals surface area contributed by atoms with Gasteiger partial charge in [0.25, 0.3) is 0 Å². The lowest BCUT2D eigenvalue weighted by atomic mass is 10.0. The monoisotopic (exact) mass is 237 g/mol. The average molecular weight is 237 g/mol. The smallest absolute Gasteiger partial charge is 0.184 e. The normalized spacial score (nSPS) is 36.9. The largest absolute Gasteiger partial charge is 0.395 e. The predicted molar refractivity (Wildman–Crippen MR) is 53.6 cm³/mol. The quantitative estimate of drug-likeness (QED) is 0.324. The lowest BCUT2D eigenvalue weighted by Crippen LogP contribution is -2.50. The number of aliphatic hydroxyl groups is 4. The molecule has 1 aliphatic heterocycles. The highest BCUT2D eigenvalue weighted by Crippen LogP contribution is 2.19. The zero-order valence-corrected chi connectivity index (χ0v) is 9.28. The molecule has 0 amide bonds. The van der Waals surface area contributed by atoms with Crippen molar-refractivity contribution >= 4 is 0 Å². The van der Waals surface area contributed by atoms with Gasteiger partial charge in [0.2, 0.25) is 0 Å². The standard InChI is InChI=1S/C9H19NO6/c1-15-9(16-2)8(14)5-7(13)6(12)4(3-11)10-5/h4-14H,3H2,1-2H3/t4-,5?,6+,7+,8+/m1/s1. The first-order valence-corrected chi connectivity index (χ1v) is 5.03. The summed E-state index contributed by atoms with van der Waals surface area (Å²) in [6.45, 7) is -0.327. The van der Waals surface area contributed by atoms with E-state index in [1.165, 1.54) is 14.2 Å². The van der Waals surface area contributed by atoms with Crippen LogP contribution in [0.15, 0.2) is 0 Å². The molecule has 7 nitrogen and oxygen atoms in total. The third-order valence-electron chi connectivity index (χ3n) is 2.84. The second-order valence-electron chi connectivity index (χ2n) is 3.79. The molecule has 0 spiro atoms. The van der Waals surface area contributed by atoms with Crippen molar-refractivity contribution in [1.29, 1.82) is 0 Å². The molecular weight excluding hydrogens is 218 g/mol. The van der Waals surface area contributed by atoms with Crippen LogP contribution in [0.2, 0.25) is 0 Å². The van der Waals surface area contributed by atoms with Gasteiger partial charge >= 0.3 is 0 Å². The first kappa shape index (κ1) is 13.8. The van der Waals surface area contributed by atoms with Gasteiger partial charge in [-0.2, -0.15) is 0 Å². The summed E-state index contributed by atoms with van der Waals surface area (Å²) < 4.78 is 9.72. The maximum Gasteiger partial charge on any atom is 0.184 e. The van der Waals surface area contributed by atoms with Gasteiger partial charge in [-0.25, -0.2) is 0 Å². The van der Waals surface area contributed by atoms with Crippen molar-refractivity contribution in [2.75, 3.05) is 20.8 Å². The summed E-state index contributed by atoms with van der Waals surface area (Å²) in [5, 5.41) is 40.7. The third kappa shape index (κ3) is 2.51. The number of hydrogen-bond acceptors (Lipinski definition) is 7. The molecule has 1 fully saturated rings. The van der Waals surface area contributed by atoms with E-state index in [-0.39, 0.29) is 6.61 Å². The van der Waals surface area contributed by atoms with Gasteiger partial charge in [-0.15, -0.1) is 0 Å². The molecule has 1 rings (SSSR count). The molecule has 0 aromatic heterocycles. The topological polar surface area (TPSA) is 111 Å². The predicted octanol–water partition coefficient (Wildman–Crippen LogP) is -2.98. The van der Waals surface area contributed by atoms with Crippen molar-refractivity contribution in [2.45, 2.75) is 36.7 Å². The van der Waals surface area contributed by atoms with Crippen LogP contribution in [0.5, 0.6) is 0 Å². The Labute approximate surface area is 93.6 Å². The zero-order valence-electron chi connectivity index (χ0n) is 9.28. The fraction of sp³-hybridized carbons (Fsp3) is 1.00. The molecule has 0 aromatic rings. The molecule has 96 valence electrons. The molecule has 7 heteroatoms. The number of rotatable bonds is 5. The maximum atomic E-state index is 9.84. The van der Waals surface area contributed by atoms with Crippen LogP contribution in [0, 0.1) is 0 Å². The van der Waals surface area contributed by atoms with Crippen molar-refractivity contribution in [3.8, 4) is 0 Å². The minimum Gasteiger partial charge on any atom is -0.395 e. The molecule has 1 saturated heterocycles. The summed E-state index contributed by atoms with van der Waals surface area (Å²) in [4.78, 5) is 0. The lowest BCUT2D eigenvalue weighted by molar-refractivity contribution is -0.178. The van der Waals surface area contributed by atoms with Gasteiger partial charge in [-0.3, -0.25) is 0 Å². The SMILES string of the molecule is COC(OC)[C@@H](O)C1N[C@H](CO)[C@H](O)[C@H]1O. The average Bonchev–Trinajstić information content (AvgIpc) is 2.57. The summed E-state index contributed by atoms with van der Waals surface area (Å²) in [6.07, 6.45) is -4.35. The molecule has 5 atom stereocenters. The van der Waals surface area contributed by atoms with Gasteiger partial charge in [0.05, 0.1) is 30.9 Å². The molecule has 16 heavy (non-hydrogen) atoms. The van der Waals surface area contributed by atoms with E-state index in [1.807, 2.05) is 0 Å². The number of aliphatic hydroxyl groups excluding tert-OH is 4. The van der Waals surface area contributed by atoms with Gasteiger partial charge in [0, 0.05) is 14.2 Å². The third-order valence-corrected chi connectivity index (χ3v) is 2.84. The Hall–Kier alpha value is -0.280. The highest BCUT2D eigenvalue weighted by molar-refractivity contribution is 5.01. The van der Waals surface area contributed by atoms with E-state index >= 15 is 0 Å². The fourth-order valence-corrected chi connectivity index (χ4v) is 1.90. The van der Waals surface area contributed by atoms with Crippen LogP contribution in [0.4, 0.5) is 0 Å². The van der Waals surface area contributed by atoms with E-state index in [4.69, 9.17) is 14.6 Å². The zero-order chi connectivity index (χ0) is 12.3. The van der Waals surface area contributed by atoms with Gasteiger partial charge in [0.1, 0.15) is 6.10 Å². The molecular formula is C9H19NO6. The molecule has 0 aromatic carbocycles. The molecule has 1 unspecified atom stereocenters. The Morgan fingerprint density at radius 2 is 1.75 bits per heavy atom. The van der Waals surface area contributed by atoms with Gasteiger partial charge in [0.15, 0.2) is 6.29 Å². The van der Waals surface area contributed by atoms with E-state index < -0.39 is 36.7 Å². The lowest BCUT2D eigenvalue weighted by Gasteiger charge is -2.27. The maximum absolute atomic E-state index is 9.84. The second-order valence-corrected chi connectivity index (χ2v) is 3.79. The molecule has 0 aliphatic carbocycles. The Bertz CT molecular complexity index is 212. The van der Waals surface area contributed by atoms with Crippen molar-refractivity contribution in [2.24, 2.45) is 0 Å². The first-order chi connectivity index (χ1) is 7.56. The van der Waals surface area contributed by atoms with E-state index in [0.29, 0.717) is 0 Å². The van der Waals surface area contributed by atoms with Crippen LogP contribution >= 0.6 is 0 Å². The van der Waals surface area contributed by atoms with Crippen molar-refractivity contribution in [3.05, 3.63) is 0 Å². The molecule has 1 heterocycles. The minimum absolute atomic E-state index is 0.327. The van der Waals surface area contributed by atoms with E-state index in [2.05, 4.69) is 5.32 Å². The van der Waals surface area contributed by atoms with E-state index in [0.717, 1.165) is 0 Å². The molecule has 1 aliphatic rings. The summed E-state index contributed by atoms with van der Waals surface area (Å²) in [7, 11) is 2.72. The summed E-state index contributed by atoms with van der Waals surface area (Å²) in [6, 6.07) is -1.47. The Morgan fingerprint density at radius 3 is 2.12 bits per heavy atom. The minimum atomic E-state index is -1.18. The van der Waals surface area contributed by atoms with Crippen LogP contribution in [0.3, 0.4) is 0 Å². The highest BCUT2D eigenvalue weighted by atomic mass is 16.7. The Morgan fingerprint density at radius 1 is 1.19 bits per heavy atom. The molecule has 5 N–H and O–H groups in total. The second kappa shape index (κ2) is 5.87. The van der Waals surface area contributed by atoms with Crippen molar-refractivity contribution in [3.63, 3.8) is 0 Å². The number of ether oxygens (including phenoxy) is 2.